The standard InChI is InChI=1S/C19H22FNO3/c1-14-3-7-16(8-4-14)24-12-11-21-19(22)10-6-15-5-9-18(23-2)17(20)13-15/h3-5,7-9,13H,6,10-12H2,1-2H3,(H,21,22). The van der Waals surface area contributed by atoms with Crippen LogP contribution >= 0.6 is 0 Å². The Morgan fingerprint density at radius 1 is 1.17 bits per heavy atom. The van der Waals surface area contributed by atoms with E-state index in [9.17, 15) is 9.18 Å². The number of aryl methyl sites for hydroxylation is 2. The Labute approximate surface area is 141 Å². The summed E-state index contributed by atoms with van der Waals surface area (Å²) in [5.41, 5.74) is 1.94. The predicted octanol–water partition coefficient (Wildman–Crippen LogP) is 3.27. The van der Waals surface area contributed by atoms with Gasteiger partial charge in [0.2, 0.25) is 5.91 Å². The zero-order chi connectivity index (χ0) is 17.4. The second-order valence-corrected chi connectivity index (χ2v) is 5.48. The third-order valence-corrected chi connectivity index (χ3v) is 3.57. The van der Waals surface area contributed by atoms with E-state index in [-0.39, 0.29) is 11.7 Å². The van der Waals surface area contributed by atoms with Crippen LogP contribution in [0.1, 0.15) is 17.5 Å². The molecule has 0 bridgehead atoms. The van der Waals surface area contributed by atoms with Crippen molar-refractivity contribution in [3.8, 4) is 11.5 Å². The Morgan fingerprint density at radius 3 is 2.58 bits per heavy atom. The molecule has 0 aliphatic carbocycles. The summed E-state index contributed by atoms with van der Waals surface area (Å²) >= 11 is 0. The third kappa shape index (κ3) is 5.57. The van der Waals surface area contributed by atoms with Crippen LogP contribution in [0.3, 0.4) is 0 Å². The van der Waals surface area contributed by atoms with E-state index in [4.69, 9.17) is 9.47 Å². The molecule has 0 unspecified atom stereocenters. The SMILES string of the molecule is COc1ccc(CCC(=O)NCCOc2ccc(C)cc2)cc1F. The molecule has 4 nitrogen and oxygen atoms in total. The zero-order valence-corrected chi connectivity index (χ0v) is 14.0. The highest BCUT2D eigenvalue weighted by Crippen LogP contribution is 2.18. The monoisotopic (exact) mass is 331 g/mol. The molecule has 0 saturated carbocycles. The van der Waals surface area contributed by atoms with E-state index in [1.807, 2.05) is 31.2 Å². The van der Waals surface area contributed by atoms with Gasteiger partial charge in [0.15, 0.2) is 11.6 Å². The lowest BCUT2D eigenvalue weighted by atomic mass is 10.1. The molecule has 1 amide bonds. The molecular formula is C19H22FNO3. The number of benzene rings is 2. The molecule has 2 aromatic rings. The van der Waals surface area contributed by atoms with Gasteiger partial charge in [-0.1, -0.05) is 23.8 Å². The Hall–Kier alpha value is -2.56. The second kappa shape index (κ2) is 8.91. The number of carbonyl (C=O) groups is 1. The predicted molar refractivity (Wildman–Crippen MR) is 91.0 cm³/mol. The fourth-order valence-electron chi connectivity index (χ4n) is 2.21. The lowest BCUT2D eigenvalue weighted by molar-refractivity contribution is -0.121. The van der Waals surface area contributed by atoms with Crippen molar-refractivity contribution in [2.24, 2.45) is 0 Å². The summed E-state index contributed by atoms with van der Waals surface area (Å²) in [5, 5.41) is 2.79. The minimum atomic E-state index is -0.415. The second-order valence-electron chi connectivity index (χ2n) is 5.48. The van der Waals surface area contributed by atoms with E-state index < -0.39 is 5.82 Å². The molecule has 0 aromatic heterocycles. The Bertz CT molecular complexity index is 671. The summed E-state index contributed by atoms with van der Waals surface area (Å²) in [6.45, 7) is 2.86. The number of amides is 1. The maximum absolute atomic E-state index is 13.6. The summed E-state index contributed by atoms with van der Waals surface area (Å²) < 4.78 is 24.0. The summed E-state index contributed by atoms with van der Waals surface area (Å²) in [7, 11) is 1.42. The molecule has 0 aliphatic heterocycles. The van der Waals surface area contributed by atoms with Gasteiger partial charge in [0, 0.05) is 6.42 Å². The minimum absolute atomic E-state index is 0.0845. The highest BCUT2D eigenvalue weighted by molar-refractivity contribution is 5.76. The molecule has 0 radical (unpaired) electrons. The normalized spacial score (nSPS) is 10.3. The number of hydrogen-bond acceptors (Lipinski definition) is 3. The first-order chi connectivity index (χ1) is 11.6. The molecule has 0 spiro atoms. The van der Waals surface area contributed by atoms with Gasteiger partial charge in [0.25, 0.3) is 0 Å². The van der Waals surface area contributed by atoms with Crippen molar-refractivity contribution in [3.05, 3.63) is 59.4 Å². The first-order valence-electron chi connectivity index (χ1n) is 7.87. The van der Waals surface area contributed by atoms with Gasteiger partial charge in [0.05, 0.1) is 13.7 Å². The summed E-state index contributed by atoms with van der Waals surface area (Å²) in [4.78, 5) is 11.8. The zero-order valence-electron chi connectivity index (χ0n) is 14.0. The van der Waals surface area contributed by atoms with Crippen molar-refractivity contribution in [3.63, 3.8) is 0 Å². The van der Waals surface area contributed by atoms with Crippen molar-refractivity contribution in [1.82, 2.24) is 5.32 Å². The molecule has 24 heavy (non-hydrogen) atoms. The quantitative estimate of drug-likeness (QED) is 0.755. The molecule has 2 aromatic carbocycles. The van der Waals surface area contributed by atoms with E-state index in [0.29, 0.717) is 26.0 Å². The van der Waals surface area contributed by atoms with Crippen molar-refractivity contribution >= 4 is 5.91 Å². The van der Waals surface area contributed by atoms with Crippen LogP contribution in [-0.2, 0) is 11.2 Å². The smallest absolute Gasteiger partial charge is 0.220 e. The molecule has 0 saturated heterocycles. The Balaban J connectivity index is 1.66. The molecular weight excluding hydrogens is 309 g/mol. The fraction of sp³-hybridized carbons (Fsp3) is 0.316. The van der Waals surface area contributed by atoms with Gasteiger partial charge in [0.1, 0.15) is 12.4 Å². The van der Waals surface area contributed by atoms with Crippen LogP contribution in [0, 0.1) is 12.7 Å². The first kappa shape index (κ1) is 17.8. The first-order valence-corrected chi connectivity index (χ1v) is 7.87. The third-order valence-electron chi connectivity index (χ3n) is 3.57. The number of nitrogens with one attached hydrogen (secondary N) is 1. The van der Waals surface area contributed by atoms with Crippen molar-refractivity contribution in [2.45, 2.75) is 19.8 Å². The van der Waals surface area contributed by atoms with Crippen LogP contribution in [0.2, 0.25) is 0 Å². The maximum Gasteiger partial charge on any atom is 0.220 e. The maximum atomic E-state index is 13.6. The molecule has 128 valence electrons. The fourth-order valence-corrected chi connectivity index (χ4v) is 2.21. The topological polar surface area (TPSA) is 47.6 Å². The number of carbonyl (C=O) groups excluding carboxylic acids is 1. The van der Waals surface area contributed by atoms with Crippen LogP contribution in [0.5, 0.6) is 11.5 Å². The summed E-state index contributed by atoms with van der Waals surface area (Å²) in [5.74, 6) is 0.487. The molecule has 0 aliphatic rings. The molecule has 0 fully saturated rings. The van der Waals surface area contributed by atoms with Crippen molar-refractivity contribution in [2.75, 3.05) is 20.3 Å². The van der Waals surface area contributed by atoms with E-state index in [0.717, 1.165) is 11.3 Å². The van der Waals surface area contributed by atoms with Gasteiger partial charge in [-0.2, -0.15) is 0 Å². The number of hydrogen-bond donors (Lipinski definition) is 1. The Morgan fingerprint density at radius 2 is 1.92 bits per heavy atom. The number of halogens is 1. The number of methoxy groups -OCH3 is 1. The minimum Gasteiger partial charge on any atom is -0.494 e. The molecule has 2 rings (SSSR count). The van der Waals surface area contributed by atoms with Gasteiger partial charge in [-0.15, -0.1) is 0 Å². The Kier molecular flexibility index (Phi) is 6.61. The van der Waals surface area contributed by atoms with Gasteiger partial charge in [-0.3, -0.25) is 4.79 Å². The van der Waals surface area contributed by atoms with E-state index >= 15 is 0 Å². The molecule has 5 heteroatoms. The highest BCUT2D eigenvalue weighted by Gasteiger charge is 2.06. The number of rotatable bonds is 8. The molecule has 0 atom stereocenters. The molecule has 1 N–H and O–H groups in total. The lowest BCUT2D eigenvalue weighted by Crippen LogP contribution is -2.28. The van der Waals surface area contributed by atoms with E-state index in [1.54, 1.807) is 12.1 Å². The number of ether oxygens (including phenoxy) is 2. The van der Waals surface area contributed by atoms with Gasteiger partial charge < -0.3 is 14.8 Å². The van der Waals surface area contributed by atoms with Crippen LogP contribution in [0.15, 0.2) is 42.5 Å². The van der Waals surface area contributed by atoms with Crippen LogP contribution in [0.4, 0.5) is 4.39 Å². The van der Waals surface area contributed by atoms with Gasteiger partial charge in [-0.25, -0.2) is 4.39 Å². The molecule has 0 heterocycles. The van der Waals surface area contributed by atoms with Crippen LogP contribution < -0.4 is 14.8 Å². The van der Waals surface area contributed by atoms with Gasteiger partial charge >= 0.3 is 0 Å². The van der Waals surface area contributed by atoms with Crippen molar-refractivity contribution < 1.29 is 18.7 Å². The van der Waals surface area contributed by atoms with Crippen molar-refractivity contribution in [1.29, 1.82) is 0 Å². The summed E-state index contributed by atoms with van der Waals surface area (Å²) in [6, 6.07) is 12.5. The van der Waals surface area contributed by atoms with Crippen LogP contribution in [0.25, 0.3) is 0 Å². The lowest BCUT2D eigenvalue weighted by Gasteiger charge is -2.08. The average molecular weight is 331 g/mol. The largest absolute Gasteiger partial charge is 0.494 e. The summed E-state index contributed by atoms with van der Waals surface area (Å²) in [6.07, 6.45) is 0.780. The van der Waals surface area contributed by atoms with E-state index in [1.165, 1.54) is 18.7 Å². The average Bonchev–Trinajstić information content (AvgIpc) is 2.58. The highest BCUT2D eigenvalue weighted by atomic mass is 19.1. The van der Waals surface area contributed by atoms with E-state index in [2.05, 4.69) is 5.32 Å². The van der Waals surface area contributed by atoms with Gasteiger partial charge in [-0.05, 0) is 43.2 Å². The van der Waals surface area contributed by atoms with Crippen LogP contribution in [-0.4, -0.2) is 26.2 Å².